The molecular weight excluding hydrogens is 521 g/mol. The summed E-state index contributed by atoms with van der Waals surface area (Å²) in [4.78, 5) is 4.94. The standard InChI is InChI=1S/C38H28S2/c1-5-13-29(14-6-1)37(31-21-25-35(26-22-31)39-33-17-9-3-10-18-33)38(30-15-7-2-8-16-30)32-23-27-36(28-24-32)40-34-19-11-4-12-20-34/h1-28H/b38-37-. The Balaban J connectivity index is 1.46. The molecule has 0 heterocycles. The molecule has 0 aromatic heterocycles. The average molecular weight is 549 g/mol. The van der Waals surface area contributed by atoms with Crippen LogP contribution in [-0.2, 0) is 0 Å². The van der Waals surface area contributed by atoms with Crippen molar-refractivity contribution in [2.24, 2.45) is 0 Å². The maximum atomic E-state index is 2.26. The topological polar surface area (TPSA) is 0 Å². The predicted molar refractivity (Wildman–Crippen MR) is 172 cm³/mol. The summed E-state index contributed by atoms with van der Waals surface area (Å²) in [6.45, 7) is 0. The van der Waals surface area contributed by atoms with E-state index < -0.39 is 0 Å². The van der Waals surface area contributed by atoms with Crippen LogP contribution in [-0.4, -0.2) is 0 Å². The van der Waals surface area contributed by atoms with E-state index >= 15 is 0 Å². The normalized spacial score (nSPS) is 11.6. The Morgan fingerprint density at radius 2 is 0.500 bits per heavy atom. The predicted octanol–water partition coefficient (Wildman–Crippen LogP) is 11.0. The fourth-order valence-corrected chi connectivity index (χ4v) is 6.42. The molecule has 6 aromatic carbocycles. The molecule has 6 aromatic rings. The van der Waals surface area contributed by atoms with Crippen LogP contribution in [0, 0.1) is 0 Å². The van der Waals surface area contributed by atoms with E-state index in [1.807, 2.05) is 0 Å². The van der Waals surface area contributed by atoms with Gasteiger partial charge >= 0.3 is 0 Å². The Kier molecular flexibility index (Phi) is 8.28. The minimum atomic E-state index is 1.20. The lowest BCUT2D eigenvalue weighted by Gasteiger charge is -2.18. The molecule has 0 N–H and O–H groups in total. The summed E-state index contributed by atoms with van der Waals surface area (Å²) in [5.74, 6) is 0. The van der Waals surface area contributed by atoms with Crippen LogP contribution in [0.4, 0.5) is 0 Å². The molecule has 0 saturated carbocycles. The lowest BCUT2D eigenvalue weighted by molar-refractivity contribution is 1.38. The third kappa shape index (κ3) is 6.31. The summed E-state index contributed by atoms with van der Waals surface area (Å²) in [6.07, 6.45) is 0. The van der Waals surface area contributed by atoms with Gasteiger partial charge in [-0.15, -0.1) is 0 Å². The zero-order valence-corrected chi connectivity index (χ0v) is 23.6. The molecule has 0 aliphatic heterocycles. The Morgan fingerprint density at radius 1 is 0.250 bits per heavy atom. The van der Waals surface area contributed by atoms with Gasteiger partial charge in [0.25, 0.3) is 0 Å². The largest absolute Gasteiger partial charge is 0.0901 e. The Labute approximate surface area is 245 Å². The van der Waals surface area contributed by atoms with Crippen LogP contribution in [0.5, 0.6) is 0 Å². The molecule has 0 unspecified atom stereocenters. The van der Waals surface area contributed by atoms with Crippen molar-refractivity contribution >= 4 is 34.7 Å². The average Bonchev–Trinajstić information content (AvgIpc) is 3.03. The van der Waals surface area contributed by atoms with Crippen molar-refractivity contribution in [1.82, 2.24) is 0 Å². The highest BCUT2D eigenvalue weighted by Crippen LogP contribution is 2.39. The second-order valence-corrected chi connectivity index (χ2v) is 11.7. The van der Waals surface area contributed by atoms with E-state index in [9.17, 15) is 0 Å². The molecular formula is C38H28S2. The van der Waals surface area contributed by atoms with E-state index in [0.29, 0.717) is 0 Å². The summed E-state index contributed by atoms with van der Waals surface area (Å²) in [6, 6.07) is 60.6. The first-order valence-corrected chi connectivity index (χ1v) is 15.0. The second-order valence-electron chi connectivity index (χ2n) is 9.36. The lowest BCUT2D eigenvalue weighted by atomic mass is 9.86. The summed E-state index contributed by atoms with van der Waals surface area (Å²) in [5, 5.41) is 0. The first kappa shape index (κ1) is 26.0. The van der Waals surface area contributed by atoms with Crippen LogP contribution >= 0.6 is 23.5 Å². The van der Waals surface area contributed by atoms with E-state index in [0.717, 1.165) is 0 Å². The monoisotopic (exact) mass is 548 g/mol. The third-order valence-electron chi connectivity index (χ3n) is 6.62. The van der Waals surface area contributed by atoms with Crippen LogP contribution in [0.15, 0.2) is 189 Å². The molecule has 192 valence electrons. The summed E-state index contributed by atoms with van der Waals surface area (Å²) >= 11 is 3.58. The highest BCUT2D eigenvalue weighted by atomic mass is 32.2. The van der Waals surface area contributed by atoms with Gasteiger partial charge in [0.05, 0.1) is 0 Å². The molecule has 0 radical (unpaired) electrons. The molecule has 2 heteroatoms. The van der Waals surface area contributed by atoms with Gasteiger partial charge in [0, 0.05) is 19.6 Å². The van der Waals surface area contributed by atoms with Crippen LogP contribution in [0.3, 0.4) is 0 Å². The number of hydrogen-bond acceptors (Lipinski definition) is 2. The Hall–Kier alpha value is -4.24. The quantitative estimate of drug-likeness (QED) is 0.174. The SMILES string of the molecule is c1ccc(Sc2ccc(/C(=C(/c3ccccc3)c3ccc(Sc4ccccc4)cc3)c3ccccc3)cc2)cc1. The number of rotatable bonds is 8. The minimum absolute atomic E-state index is 1.20. The highest BCUT2D eigenvalue weighted by Gasteiger charge is 2.16. The molecule has 6 rings (SSSR count). The summed E-state index contributed by atoms with van der Waals surface area (Å²) < 4.78 is 0. The van der Waals surface area contributed by atoms with Crippen LogP contribution in [0.2, 0.25) is 0 Å². The maximum absolute atomic E-state index is 2.26. The van der Waals surface area contributed by atoms with E-state index in [1.54, 1.807) is 23.5 Å². The van der Waals surface area contributed by atoms with Gasteiger partial charge in [-0.25, -0.2) is 0 Å². The zero-order chi connectivity index (χ0) is 27.0. The summed E-state index contributed by atoms with van der Waals surface area (Å²) in [7, 11) is 0. The van der Waals surface area contributed by atoms with E-state index in [1.165, 1.54) is 53.0 Å². The second kappa shape index (κ2) is 12.7. The molecule has 0 nitrogen and oxygen atoms in total. The van der Waals surface area contributed by atoms with Gasteiger partial charge < -0.3 is 0 Å². The third-order valence-corrected chi connectivity index (χ3v) is 8.65. The van der Waals surface area contributed by atoms with E-state index in [-0.39, 0.29) is 0 Å². The molecule has 0 aliphatic rings. The highest BCUT2D eigenvalue weighted by molar-refractivity contribution is 7.99. The lowest BCUT2D eigenvalue weighted by Crippen LogP contribution is -1.97. The molecule has 0 atom stereocenters. The van der Waals surface area contributed by atoms with Crippen molar-refractivity contribution in [2.75, 3.05) is 0 Å². The van der Waals surface area contributed by atoms with Crippen LogP contribution in [0.25, 0.3) is 11.1 Å². The van der Waals surface area contributed by atoms with Gasteiger partial charge in [0.2, 0.25) is 0 Å². The zero-order valence-electron chi connectivity index (χ0n) is 22.0. The van der Waals surface area contributed by atoms with Crippen molar-refractivity contribution in [3.63, 3.8) is 0 Å². The van der Waals surface area contributed by atoms with Gasteiger partial charge in [0.1, 0.15) is 0 Å². The van der Waals surface area contributed by atoms with Crippen molar-refractivity contribution < 1.29 is 0 Å². The molecule has 40 heavy (non-hydrogen) atoms. The first-order valence-electron chi connectivity index (χ1n) is 13.4. The van der Waals surface area contributed by atoms with Crippen LogP contribution in [0.1, 0.15) is 22.3 Å². The molecule has 0 saturated heterocycles. The van der Waals surface area contributed by atoms with Gasteiger partial charge in [-0.05, 0) is 81.9 Å². The minimum Gasteiger partial charge on any atom is -0.0901 e. The van der Waals surface area contributed by atoms with Crippen molar-refractivity contribution in [1.29, 1.82) is 0 Å². The van der Waals surface area contributed by atoms with Gasteiger partial charge in [-0.3, -0.25) is 0 Å². The number of hydrogen-bond donors (Lipinski definition) is 0. The van der Waals surface area contributed by atoms with E-state index in [4.69, 9.17) is 0 Å². The molecule has 0 amide bonds. The Bertz CT molecular complexity index is 1540. The fourth-order valence-electron chi connectivity index (χ4n) is 4.75. The number of benzene rings is 6. The van der Waals surface area contributed by atoms with Crippen molar-refractivity contribution in [3.05, 3.63) is 192 Å². The maximum Gasteiger partial charge on any atom is 0.0122 e. The van der Waals surface area contributed by atoms with Crippen LogP contribution < -0.4 is 0 Å². The van der Waals surface area contributed by atoms with Crippen molar-refractivity contribution in [3.8, 4) is 0 Å². The Morgan fingerprint density at radius 3 is 0.825 bits per heavy atom. The fraction of sp³-hybridized carbons (Fsp3) is 0. The molecule has 0 aliphatic carbocycles. The summed E-state index contributed by atoms with van der Waals surface area (Å²) in [5.41, 5.74) is 7.26. The van der Waals surface area contributed by atoms with E-state index in [2.05, 4.69) is 170 Å². The molecule has 0 bridgehead atoms. The molecule has 0 fully saturated rings. The van der Waals surface area contributed by atoms with Gasteiger partial charge in [-0.2, -0.15) is 0 Å². The molecule has 0 spiro atoms. The van der Waals surface area contributed by atoms with Gasteiger partial charge in [-0.1, -0.05) is 145 Å². The smallest absolute Gasteiger partial charge is 0.0122 e. The van der Waals surface area contributed by atoms with Gasteiger partial charge in [0.15, 0.2) is 0 Å². The van der Waals surface area contributed by atoms with Crippen molar-refractivity contribution in [2.45, 2.75) is 19.6 Å². The first-order chi connectivity index (χ1) is 19.8.